The highest BCUT2D eigenvalue weighted by Crippen LogP contribution is 2.34. The SMILES string of the molecule is COc1cc(-c2cc3[nH]c(=O)n(C4CCCN(C5CCC5)C4)c3cc2C)cn2ncnc12. The molecule has 1 aromatic carbocycles. The predicted octanol–water partition coefficient (Wildman–Crippen LogP) is 3.55. The van der Waals surface area contributed by atoms with E-state index in [1.54, 1.807) is 11.6 Å². The number of benzene rings is 1. The van der Waals surface area contributed by atoms with E-state index < -0.39 is 0 Å². The third kappa shape index (κ3) is 3.04. The number of rotatable bonds is 4. The molecule has 1 N–H and O–H groups in total. The topological polar surface area (TPSA) is 80.5 Å². The Balaban J connectivity index is 1.42. The largest absolute Gasteiger partial charge is 0.493 e. The number of hydrogen-bond acceptors (Lipinski definition) is 5. The molecule has 4 heterocycles. The molecule has 0 spiro atoms. The number of aryl methyl sites for hydroxylation is 1. The summed E-state index contributed by atoms with van der Waals surface area (Å²) >= 11 is 0. The van der Waals surface area contributed by atoms with Gasteiger partial charge < -0.3 is 9.72 Å². The zero-order chi connectivity index (χ0) is 21.8. The number of aromatic nitrogens is 5. The van der Waals surface area contributed by atoms with Crippen LogP contribution in [-0.2, 0) is 0 Å². The van der Waals surface area contributed by atoms with E-state index in [9.17, 15) is 4.79 Å². The predicted molar refractivity (Wildman–Crippen MR) is 123 cm³/mol. The van der Waals surface area contributed by atoms with Crippen LogP contribution in [0.25, 0.3) is 27.8 Å². The molecule has 1 aliphatic carbocycles. The first-order valence-electron chi connectivity index (χ1n) is 11.5. The van der Waals surface area contributed by atoms with Crippen LogP contribution in [0.5, 0.6) is 5.75 Å². The highest BCUT2D eigenvalue weighted by atomic mass is 16.5. The molecule has 32 heavy (non-hydrogen) atoms. The molecule has 2 fully saturated rings. The number of aromatic amines is 1. The van der Waals surface area contributed by atoms with Crippen molar-refractivity contribution in [3.8, 4) is 16.9 Å². The van der Waals surface area contributed by atoms with Gasteiger partial charge in [-0.25, -0.2) is 14.3 Å². The number of fused-ring (bicyclic) bond motifs is 2. The lowest BCUT2D eigenvalue weighted by Crippen LogP contribution is -2.47. The van der Waals surface area contributed by atoms with E-state index in [1.165, 1.54) is 25.6 Å². The van der Waals surface area contributed by atoms with Gasteiger partial charge in [0.25, 0.3) is 0 Å². The summed E-state index contributed by atoms with van der Waals surface area (Å²) in [6, 6.07) is 7.14. The fourth-order valence-corrected chi connectivity index (χ4v) is 5.42. The molecule has 166 valence electrons. The third-order valence-electron chi connectivity index (χ3n) is 7.32. The summed E-state index contributed by atoms with van der Waals surface area (Å²) in [6.07, 6.45) is 9.62. The molecule has 0 bridgehead atoms. The number of nitrogens with zero attached hydrogens (tertiary/aromatic N) is 5. The fourth-order valence-electron chi connectivity index (χ4n) is 5.42. The number of piperidine rings is 1. The summed E-state index contributed by atoms with van der Waals surface area (Å²) in [6.45, 7) is 4.22. The molecule has 8 heteroatoms. The maximum atomic E-state index is 13.0. The summed E-state index contributed by atoms with van der Waals surface area (Å²) in [5.41, 5.74) is 5.66. The van der Waals surface area contributed by atoms with Crippen molar-refractivity contribution in [3.05, 3.63) is 46.8 Å². The monoisotopic (exact) mass is 432 g/mol. The van der Waals surface area contributed by atoms with Gasteiger partial charge in [-0.1, -0.05) is 6.42 Å². The Kier molecular flexibility index (Phi) is 4.57. The van der Waals surface area contributed by atoms with Crippen molar-refractivity contribution in [2.24, 2.45) is 0 Å². The molecule has 1 atom stereocenters. The van der Waals surface area contributed by atoms with Gasteiger partial charge in [0.1, 0.15) is 6.33 Å². The fraction of sp³-hybridized carbons (Fsp3) is 0.458. The molecule has 8 nitrogen and oxygen atoms in total. The van der Waals surface area contributed by atoms with Crippen molar-refractivity contribution in [1.29, 1.82) is 0 Å². The minimum atomic E-state index is -0.0127. The minimum Gasteiger partial charge on any atom is -0.493 e. The molecule has 2 aliphatic rings. The number of pyridine rings is 1. The van der Waals surface area contributed by atoms with Gasteiger partial charge in [0.2, 0.25) is 0 Å². The van der Waals surface area contributed by atoms with E-state index in [-0.39, 0.29) is 11.7 Å². The molecule has 4 aromatic rings. The zero-order valence-corrected chi connectivity index (χ0v) is 18.5. The molecular formula is C24H28N6O2. The summed E-state index contributed by atoms with van der Waals surface area (Å²) in [7, 11) is 1.64. The van der Waals surface area contributed by atoms with Crippen LogP contribution >= 0.6 is 0 Å². The first-order valence-corrected chi connectivity index (χ1v) is 11.5. The van der Waals surface area contributed by atoms with Crippen LogP contribution in [0.1, 0.15) is 43.7 Å². The van der Waals surface area contributed by atoms with E-state index in [0.717, 1.165) is 53.7 Å². The molecule has 1 aliphatic heterocycles. The Labute approximate surface area is 185 Å². The highest BCUT2D eigenvalue weighted by molar-refractivity contribution is 5.85. The lowest BCUT2D eigenvalue weighted by atomic mass is 9.89. The van der Waals surface area contributed by atoms with Gasteiger partial charge in [0.05, 0.1) is 24.2 Å². The lowest BCUT2D eigenvalue weighted by Gasteiger charge is -2.42. The number of methoxy groups -OCH3 is 1. The minimum absolute atomic E-state index is 0.0127. The second-order valence-electron chi connectivity index (χ2n) is 9.19. The van der Waals surface area contributed by atoms with Crippen LogP contribution in [-0.4, -0.2) is 55.3 Å². The lowest BCUT2D eigenvalue weighted by molar-refractivity contribution is 0.0799. The van der Waals surface area contributed by atoms with Crippen molar-refractivity contribution in [3.63, 3.8) is 0 Å². The Morgan fingerprint density at radius 3 is 2.75 bits per heavy atom. The summed E-state index contributed by atoms with van der Waals surface area (Å²) in [5.74, 6) is 0.670. The molecule has 0 radical (unpaired) electrons. The first-order chi connectivity index (χ1) is 15.6. The molecule has 3 aromatic heterocycles. The van der Waals surface area contributed by atoms with Crippen LogP contribution in [0.15, 0.2) is 35.5 Å². The van der Waals surface area contributed by atoms with Gasteiger partial charge in [-0.2, -0.15) is 5.10 Å². The Morgan fingerprint density at radius 2 is 1.97 bits per heavy atom. The van der Waals surface area contributed by atoms with E-state index in [4.69, 9.17) is 4.74 Å². The second kappa shape index (κ2) is 7.48. The molecular weight excluding hydrogens is 404 g/mol. The van der Waals surface area contributed by atoms with Crippen molar-refractivity contribution in [2.45, 2.75) is 51.1 Å². The van der Waals surface area contributed by atoms with E-state index in [0.29, 0.717) is 17.4 Å². The zero-order valence-electron chi connectivity index (χ0n) is 18.5. The first kappa shape index (κ1) is 19.5. The van der Waals surface area contributed by atoms with Crippen LogP contribution in [0, 0.1) is 6.92 Å². The van der Waals surface area contributed by atoms with Crippen molar-refractivity contribution < 1.29 is 4.74 Å². The number of ether oxygens (including phenoxy) is 1. The van der Waals surface area contributed by atoms with Crippen molar-refractivity contribution in [2.75, 3.05) is 20.2 Å². The van der Waals surface area contributed by atoms with E-state index in [1.807, 2.05) is 16.8 Å². The summed E-state index contributed by atoms with van der Waals surface area (Å²) < 4.78 is 9.25. The van der Waals surface area contributed by atoms with E-state index >= 15 is 0 Å². The van der Waals surface area contributed by atoms with Crippen LogP contribution < -0.4 is 10.4 Å². The second-order valence-corrected chi connectivity index (χ2v) is 9.19. The van der Waals surface area contributed by atoms with Crippen molar-refractivity contribution in [1.82, 2.24) is 29.0 Å². The summed E-state index contributed by atoms with van der Waals surface area (Å²) in [4.78, 5) is 23.0. The Morgan fingerprint density at radius 1 is 1.12 bits per heavy atom. The number of nitrogens with one attached hydrogen (secondary N) is 1. The average molecular weight is 433 g/mol. The van der Waals surface area contributed by atoms with Gasteiger partial charge in [0.15, 0.2) is 11.4 Å². The van der Waals surface area contributed by atoms with Crippen LogP contribution in [0.3, 0.4) is 0 Å². The maximum absolute atomic E-state index is 13.0. The van der Waals surface area contributed by atoms with Gasteiger partial charge in [-0.05, 0) is 68.5 Å². The quantitative estimate of drug-likeness (QED) is 0.534. The van der Waals surface area contributed by atoms with Gasteiger partial charge in [-0.3, -0.25) is 9.47 Å². The Bertz CT molecular complexity index is 1360. The third-order valence-corrected chi connectivity index (χ3v) is 7.32. The van der Waals surface area contributed by atoms with Gasteiger partial charge >= 0.3 is 5.69 Å². The number of hydrogen-bond donors (Lipinski definition) is 1. The smallest absolute Gasteiger partial charge is 0.326 e. The maximum Gasteiger partial charge on any atom is 0.326 e. The standard InChI is InChI=1S/C24H28N6O2/c1-15-9-21-20(11-19(15)16-10-22(32-2)23-25-14-26-29(23)12-16)27-24(31)30(21)18-7-4-8-28(13-18)17-5-3-6-17/h9-12,14,17-18H,3-8,13H2,1-2H3,(H,27,31). The molecule has 1 saturated heterocycles. The van der Waals surface area contributed by atoms with Crippen LogP contribution in [0.4, 0.5) is 0 Å². The molecule has 6 rings (SSSR count). The van der Waals surface area contributed by atoms with E-state index in [2.05, 4.69) is 39.0 Å². The molecule has 0 amide bonds. The molecule has 1 saturated carbocycles. The Hall–Kier alpha value is -3.13. The van der Waals surface area contributed by atoms with Crippen LogP contribution in [0.2, 0.25) is 0 Å². The highest BCUT2D eigenvalue weighted by Gasteiger charge is 2.31. The normalized spacial score (nSPS) is 20.1. The molecule has 1 unspecified atom stereocenters. The van der Waals surface area contributed by atoms with Gasteiger partial charge in [-0.15, -0.1) is 0 Å². The summed E-state index contributed by atoms with van der Waals surface area (Å²) in [5, 5.41) is 4.28. The number of likely N-dealkylation sites (tertiary alicyclic amines) is 1. The average Bonchev–Trinajstić information content (AvgIpc) is 3.34. The number of imidazole rings is 1. The van der Waals surface area contributed by atoms with Gasteiger partial charge in [0, 0.05) is 24.3 Å². The number of H-pyrrole nitrogens is 1. The van der Waals surface area contributed by atoms with Crippen molar-refractivity contribution >= 4 is 16.7 Å².